The first-order valence-corrected chi connectivity index (χ1v) is 3.64. The first-order valence-electron chi connectivity index (χ1n) is 3.64. The Kier molecular flexibility index (Phi) is 2.16. The minimum Gasteiger partial charge on any atom is -0.368 e. The first-order chi connectivity index (χ1) is 5.16. The molecule has 0 aromatic heterocycles. The molecule has 0 spiro atoms. The summed E-state index contributed by atoms with van der Waals surface area (Å²) in [6.07, 6.45) is 6.91. The molecule has 1 aliphatic heterocycles. The number of hydrogen-bond donors (Lipinski definition) is 1. The maximum Gasteiger partial charge on any atom is 0.234 e. The summed E-state index contributed by atoms with van der Waals surface area (Å²) >= 11 is 0. The van der Waals surface area contributed by atoms with Crippen molar-refractivity contribution in [2.45, 2.75) is 24.9 Å². The molecule has 1 aliphatic rings. The van der Waals surface area contributed by atoms with Crippen LogP contribution in [0.2, 0.25) is 0 Å². The van der Waals surface area contributed by atoms with E-state index in [-0.39, 0.29) is 18.0 Å². The number of terminal acetylenes is 1. The SMILES string of the molecule is C#C[C@H]1CC[C@@H](C(N)=O)N1C. The van der Waals surface area contributed by atoms with Crippen LogP contribution in [0.15, 0.2) is 0 Å². The molecule has 0 saturated carbocycles. The highest BCUT2D eigenvalue weighted by Crippen LogP contribution is 2.20. The van der Waals surface area contributed by atoms with Crippen molar-refractivity contribution in [2.75, 3.05) is 7.05 Å². The fourth-order valence-corrected chi connectivity index (χ4v) is 1.48. The Balaban J connectivity index is 2.64. The lowest BCUT2D eigenvalue weighted by Gasteiger charge is -2.19. The summed E-state index contributed by atoms with van der Waals surface area (Å²) in [6, 6.07) is -0.0662. The molecule has 0 bridgehead atoms. The van der Waals surface area contributed by atoms with Crippen LogP contribution in [-0.4, -0.2) is 29.9 Å². The van der Waals surface area contributed by atoms with E-state index in [9.17, 15) is 4.79 Å². The smallest absolute Gasteiger partial charge is 0.234 e. The van der Waals surface area contributed by atoms with Gasteiger partial charge in [0.2, 0.25) is 5.91 Å². The van der Waals surface area contributed by atoms with Crippen molar-refractivity contribution in [1.82, 2.24) is 4.90 Å². The molecular formula is C8H12N2O. The van der Waals surface area contributed by atoms with Gasteiger partial charge >= 0.3 is 0 Å². The van der Waals surface area contributed by atoms with Gasteiger partial charge in [-0.3, -0.25) is 9.69 Å². The first kappa shape index (κ1) is 8.09. The van der Waals surface area contributed by atoms with Gasteiger partial charge in [-0.1, -0.05) is 5.92 Å². The van der Waals surface area contributed by atoms with Gasteiger partial charge in [-0.15, -0.1) is 6.42 Å². The zero-order valence-electron chi connectivity index (χ0n) is 6.58. The van der Waals surface area contributed by atoms with Gasteiger partial charge in [-0.25, -0.2) is 0 Å². The number of hydrogen-bond acceptors (Lipinski definition) is 2. The van der Waals surface area contributed by atoms with Gasteiger partial charge in [0.15, 0.2) is 0 Å². The fourth-order valence-electron chi connectivity index (χ4n) is 1.48. The van der Waals surface area contributed by atoms with Crippen molar-refractivity contribution in [1.29, 1.82) is 0 Å². The summed E-state index contributed by atoms with van der Waals surface area (Å²) in [6.45, 7) is 0. The predicted molar refractivity (Wildman–Crippen MR) is 42.6 cm³/mol. The van der Waals surface area contributed by atoms with Gasteiger partial charge < -0.3 is 5.73 Å². The van der Waals surface area contributed by atoms with Crippen molar-refractivity contribution in [3.63, 3.8) is 0 Å². The quantitative estimate of drug-likeness (QED) is 0.518. The number of amides is 1. The van der Waals surface area contributed by atoms with Gasteiger partial charge in [0, 0.05) is 0 Å². The lowest BCUT2D eigenvalue weighted by atomic mass is 10.2. The molecule has 0 radical (unpaired) electrons. The summed E-state index contributed by atoms with van der Waals surface area (Å²) in [4.78, 5) is 12.6. The summed E-state index contributed by atoms with van der Waals surface area (Å²) in [5, 5.41) is 0. The molecule has 2 atom stereocenters. The summed E-state index contributed by atoms with van der Waals surface area (Å²) in [5.74, 6) is 2.34. The average Bonchev–Trinajstić information content (AvgIpc) is 2.30. The van der Waals surface area contributed by atoms with Crippen molar-refractivity contribution in [3.05, 3.63) is 0 Å². The molecule has 60 valence electrons. The number of nitrogens with two attached hydrogens (primary N) is 1. The second-order valence-corrected chi connectivity index (χ2v) is 2.84. The number of nitrogens with zero attached hydrogens (tertiary/aromatic N) is 1. The number of likely N-dealkylation sites (N-methyl/N-ethyl adjacent to an activating group) is 1. The van der Waals surface area contributed by atoms with Crippen LogP contribution < -0.4 is 5.73 Å². The van der Waals surface area contributed by atoms with Crippen LogP contribution >= 0.6 is 0 Å². The van der Waals surface area contributed by atoms with E-state index in [1.807, 2.05) is 11.9 Å². The molecule has 3 nitrogen and oxygen atoms in total. The van der Waals surface area contributed by atoms with E-state index in [4.69, 9.17) is 12.2 Å². The molecule has 1 rings (SSSR count). The monoisotopic (exact) mass is 152 g/mol. The van der Waals surface area contributed by atoms with Crippen LogP contribution in [0.25, 0.3) is 0 Å². The zero-order chi connectivity index (χ0) is 8.43. The van der Waals surface area contributed by atoms with Crippen LogP contribution in [0, 0.1) is 12.3 Å². The van der Waals surface area contributed by atoms with Crippen molar-refractivity contribution < 1.29 is 4.79 Å². The number of carbonyl (C=O) groups excluding carboxylic acids is 1. The second kappa shape index (κ2) is 2.93. The van der Waals surface area contributed by atoms with Gasteiger partial charge in [-0.05, 0) is 19.9 Å². The summed E-state index contributed by atoms with van der Waals surface area (Å²) < 4.78 is 0. The Morgan fingerprint density at radius 1 is 1.73 bits per heavy atom. The normalized spacial score (nSPS) is 31.6. The van der Waals surface area contributed by atoms with Gasteiger partial charge in [-0.2, -0.15) is 0 Å². The minimum absolute atomic E-state index is 0.0903. The third kappa shape index (κ3) is 1.36. The number of likely N-dealkylation sites (tertiary alicyclic amines) is 1. The van der Waals surface area contributed by atoms with E-state index in [1.54, 1.807) is 0 Å². The Hall–Kier alpha value is -1.01. The summed E-state index contributed by atoms with van der Waals surface area (Å²) in [5.41, 5.74) is 5.16. The Morgan fingerprint density at radius 3 is 2.64 bits per heavy atom. The summed E-state index contributed by atoms with van der Waals surface area (Å²) in [7, 11) is 1.84. The van der Waals surface area contributed by atoms with Crippen molar-refractivity contribution >= 4 is 5.91 Å². The molecule has 1 fully saturated rings. The lowest BCUT2D eigenvalue weighted by Crippen LogP contribution is -2.40. The molecule has 0 unspecified atom stereocenters. The van der Waals surface area contributed by atoms with Gasteiger partial charge in [0.1, 0.15) is 0 Å². The molecule has 11 heavy (non-hydrogen) atoms. The zero-order valence-corrected chi connectivity index (χ0v) is 6.58. The third-order valence-electron chi connectivity index (χ3n) is 2.22. The predicted octanol–water partition coefficient (Wildman–Crippen LogP) is -0.432. The molecule has 2 N–H and O–H groups in total. The van der Waals surface area contributed by atoms with E-state index in [0.717, 1.165) is 12.8 Å². The highest BCUT2D eigenvalue weighted by atomic mass is 16.1. The molecule has 0 aromatic rings. The Labute approximate surface area is 66.5 Å². The van der Waals surface area contributed by atoms with Crippen molar-refractivity contribution in [2.24, 2.45) is 5.73 Å². The largest absolute Gasteiger partial charge is 0.368 e. The van der Waals surface area contributed by atoms with Crippen LogP contribution in [0.1, 0.15) is 12.8 Å². The lowest BCUT2D eigenvalue weighted by molar-refractivity contribution is -0.122. The topological polar surface area (TPSA) is 46.3 Å². The highest BCUT2D eigenvalue weighted by molar-refractivity contribution is 5.80. The Morgan fingerprint density at radius 2 is 2.36 bits per heavy atom. The maximum atomic E-state index is 10.8. The average molecular weight is 152 g/mol. The molecular weight excluding hydrogens is 140 g/mol. The fraction of sp³-hybridized carbons (Fsp3) is 0.625. The number of carbonyl (C=O) groups is 1. The molecule has 1 saturated heterocycles. The minimum atomic E-state index is -0.273. The van der Waals surface area contributed by atoms with E-state index in [0.29, 0.717) is 0 Å². The van der Waals surface area contributed by atoms with Crippen molar-refractivity contribution in [3.8, 4) is 12.3 Å². The van der Waals surface area contributed by atoms with E-state index in [2.05, 4.69) is 5.92 Å². The van der Waals surface area contributed by atoms with E-state index in [1.165, 1.54) is 0 Å². The van der Waals surface area contributed by atoms with Crippen LogP contribution in [-0.2, 0) is 4.79 Å². The second-order valence-electron chi connectivity index (χ2n) is 2.84. The molecule has 3 heteroatoms. The molecule has 1 heterocycles. The van der Waals surface area contributed by atoms with Crippen LogP contribution in [0.3, 0.4) is 0 Å². The Bertz CT molecular complexity index is 207. The molecule has 0 aromatic carbocycles. The van der Waals surface area contributed by atoms with Gasteiger partial charge in [0.05, 0.1) is 12.1 Å². The molecule has 0 aliphatic carbocycles. The third-order valence-corrected chi connectivity index (χ3v) is 2.22. The van der Waals surface area contributed by atoms with Gasteiger partial charge in [0.25, 0.3) is 0 Å². The van der Waals surface area contributed by atoms with Crippen LogP contribution in [0.5, 0.6) is 0 Å². The standard InChI is InChI=1S/C8H12N2O/c1-3-6-4-5-7(8(9)11)10(6)2/h1,6-7H,4-5H2,2H3,(H2,9,11)/t6-,7-/m0/s1. The van der Waals surface area contributed by atoms with Crippen LogP contribution in [0.4, 0.5) is 0 Å². The maximum absolute atomic E-state index is 10.8. The number of rotatable bonds is 1. The molecule has 1 amide bonds. The van der Waals surface area contributed by atoms with E-state index >= 15 is 0 Å². The number of primary amides is 1. The van der Waals surface area contributed by atoms with E-state index < -0.39 is 0 Å². The highest BCUT2D eigenvalue weighted by Gasteiger charge is 2.32.